The summed E-state index contributed by atoms with van der Waals surface area (Å²) in [4.78, 5) is 0. The average molecular weight is 180 g/mol. The van der Waals surface area contributed by atoms with Crippen molar-refractivity contribution in [3.8, 4) is 0 Å². The van der Waals surface area contributed by atoms with Gasteiger partial charge in [0, 0.05) is 0 Å². The van der Waals surface area contributed by atoms with Gasteiger partial charge in [0.05, 0.1) is 0 Å². The number of hydrogen-bond acceptors (Lipinski definition) is 0. The molecule has 1 heteroatoms. The van der Waals surface area contributed by atoms with E-state index in [0.29, 0.717) is 0 Å². The maximum Gasteiger partial charge on any atom is 0.148 e. The van der Waals surface area contributed by atoms with Crippen LogP contribution in [0.25, 0.3) is 0 Å². The third kappa shape index (κ3) is 2.75. The molecular weight excluding hydrogens is 155 g/mol. The summed E-state index contributed by atoms with van der Waals surface area (Å²) >= 11 is 0. The van der Waals surface area contributed by atoms with Crippen LogP contribution in [0.3, 0.4) is 0 Å². The fraction of sp³-hybridized carbons (Fsp3) is 1.00. The van der Waals surface area contributed by atoms with E-state index in [9.17, 15) is 0 Å². The van der Waals surface area contributed by atoms with Crippen molar-refractivity contribution in [1.82, 2.24) is 0 Å². The Morgan fingerprint density at radius 2 is 2.00 bits per heavy atom. The first kappa shape index (κ1) is 11.1. The highest BCUT2D eigenvalue weighted by atomic mass is 14.2. The number of rotatable bonds is 3. The first-order valence-electron chi connectivity index (χ1n) is 6.16. The van der Waals surface area contributed by atoms with Gasteiger partial charge in [-0.3, -0.25) is 0 Å². The van der Waals surface area contributed by atoms with E-state index in [1.165, 1.54) is 32.1 Å². The van der Waals surface area contributed by atoms with E-state index < -0.39 is 0 Å². The molecule has 0 amide bonds. The van der Waals surface area contributed by atoms with Gasteiger partial charge in [0.2, 0.25) is 0 Å². The second-order valence-corrected chi connectivity index (χ2v) is 5.28. The van der Waals surface area contributed by atoms with Gasteiger partial charge in [-0.15, -0.1) is 0 Å². The van der Waals surface area contributed by atoms with Crippen molar-refractivity contribution in [2.45, 2.75) is 77.3 Å². The third-order valence-electron chi connectivity index (χ3n) is 3.87. The van der Waals surface area contributed by atoms with Crippen LogP contribution in [0, 0.1) is 0 Å². The second-order valence-electron chi connectivity index (χ2n) is 5.28. The summed E-state index contributed by atoms with van der Waals surface area (Å²) in [7, 11) is 0. The van der Waals surface area contributed by atoms with Gasteiger partial charge in [0.25, 0.3) is 0 Å². The molecule has 0 N–H and O–H groups in total. The van der Waals surface area contributed by atoms with Crippen LogP contribution >= 0.6 is 0 Å². The van der Waals surface area contributed by atoms with E-state index in [1.54, 1.807) is 0 Å². The minimum absolute atomic E-state index is 0.895. The first-order valence-corrected chi connectivity index (χ1v) is 6.16. The maximum absolute atomic E-state index is 2.46. The average Bonchev–Trinajstić information content (AvgIpc) is 2.04. The summed E-state index contributed by atoms with van der Waals surface area (Å²) in [5.74, 6) is 2.91. The standard InChI is InChI=1S/C12H25B/c1-5-7-12-9-6-8-11(4)13(12)10(2)3/h10-12H,5-9H2,1-4H3. The largest absolute Gasteiger partial charge is 0.148 e. The van der Waals surface area contributed by atoms with Gasteiger partial charge in [-0.2, -0.15) is 0 Å². The SMILES string of the molecule is CCCC1CCCC(C)B1C(C)C. The summed E-state index contributed by atoms with van der Waals surface area (Å²) in [5.41, 5.74) is 0. The Labute approximate surface area is 84.6 Å². The molecule has 76 valence electrons. The lowest BCUT2D eigenvalue weighted by Crippen LogP contribution is -2.32. The molecule has 0 spiro atoms. The molecule has 1 aliphatic heterocycles. The molecule has 0 aromatic rings. The Kier molecular flexibility index (Phi) is 4.35. The second kappa shape index (κ2) is 5.07. The van der Waals surface area contributed by atoms with E-state index >= 15 is 0 Å². The van der Waals surface area contributed by atoms with Crippen LogP contribution in [0.5, 0.6) is 0 Å². The van der Waals surface area contributed by atoms with Crippen LogP contribution in [0.4, 0.5) is 0 Å². The summed E-state index contributed by atoms with van der Waals surface area (Å²) in [6, 6.07) is 0. The normalized spacial score (nSPS) is 29.8. The van der Waals surface area contributed by atoms with E-state index in [0.717, 1.165) is 24.2 Å². The molecule has 1 heterocycles. The third-order valence-corrected chi connectivity index (χ3v) is 3.87. The first-order chi connectivity index (χ1) is 6.16. The lowest BCUT2D eigenvalue weighted by atomic mass is 9.25. The highest BCUT2D eigenvalue weighted by Gasteiger charge is 2.35. The molecule has 0 aromatic heterocycles. The Balaban J connectivity index is 2.57. The zero-order valence-electron chi connectivity index (χ0n) is 9.84. The van der Waals surface area contributed by atoms with E-state index in [2.05, 4.69) is 27.7 Å². The van der Waals surface area contributed by atoms with Crippen LogP contribution in [0.2, 0.25) is 17.5 Å². The topological polar surface area (TPSA) is 0 Å². The van der Waals surface area contributed by atoms with Crippen LogP contribution in [-0.4, -0.2) is 6.71 Å². The van der Waals surface area contributed by atoms with Gasteiger partial charge < -0.3 is 0 Å². The molecule has 1 fully saturated rings. The van der Waals surface area contributed by atoms with E-state index in [1.807, 2.05) is 0 Å². The minimum Gasteiger partial charge on any atom is -0.0693 e. The molecule has 1 rings (SSSR count). The van der Waals surface area contributed by atoms with Gasteiger partial charge >= 0.3 is 0 Å². The van der Waals surface area contributed by atoms with E-state index in [-0.39, 0.29) is 0 Å². The number of hydrogen-bond donors (Lipinski definition) is 0. The predicted octanol–water partition coefficient (Wildman–Crippen LogP) is 4.64. The molecule has 2 unspecified atom stereocenters. The Morgan fingerprint density at radius 1 is 1.31 bits per heavy atom. The minimum atomic E-state index is 0.895. The summed E-state index contributed by atoms with van der Waals surface area (Å²) in [6.07, 6.45) is 7.30. The van der Waals surface area contributed by atoms with Gasteiger partial charge in [-0.1, -0.05) is 77.3 Å². The van der Waals surface area contributed by atoms with E-state index in [4.69, 9.17) is 0 Å². The smallest absolute Gasteiger partial charge is 0.0693 e. The Bertz CT molecular complexity index is 140. The predicted molar refractivity (Wildman–Crippen MR) is 62.8 cm³/mol. The molecule has 1 saturated heterocycles. The zero-order chi connectivity index (χ0) is 9.84. The molecule has 0 aliphatic carbocycles. The molecule has 13 heavy (non-hydrogen) atoms. The molecule has 0 aromatic carbocycles. The van der Waals surface area contributed by atoms with Crippen LogP contribution in [-0.2, 0) is 0 Å². The van der Waals surface area contributed by atoms with Gasteiger partial charge in [-0.25, -0.2) is 0 Å². The van der Waals surface area contributed by atoms with Crippen LogP contribution in [0.15, 0.2) is 0 Å². The van der Waals surface area contributed by atoms with Crippen molar-refractivity contribution in [1.29, 1.82) is 0 Å². The fourth-order valence-corrected chi connectivity index (χ4v) is 3.46. The molecule has 1 aliphatic rings. The Hall–Kier alpha value is 0.0649. The maximum atomic E-state index is 2.46. The quantitative estimate of drug-likeness (QED) is 0.555. The van der Waals surface area contributed by atoms with Crippen LogP contribution < -0.4 is 0 Å². The summed E-state index contributed by atoms with van der Waals surface area (Å²) in [5, 5.41) is 0. The van der Waals surface area contributed by atoms with Gasteiger partial charge in [0.15, 0.2) is 0 Å². The van der Waals surface area contributed by atoms with Crippen LogP contribution in [0.1, 0.15) is 59.8 Å². The van der Waals surface area contributed by atoms with Crippen molar-refractivity contribution in [3.05, 3.63) is 0 Å². The van der Waals surface area contributed by atoms with Crippen molar-refractivity contribution >= 4 is 6.71 Å². The molecule has 2 atom stereocenters. The molecule has 0 saturated carbocycles. The highest BCUT2D eigenvalue weighted by Crippen LogP contribution is 2.43. The fourth-order valence-electron chi connectivity index (χ4n) is 3.46. The molecular formula is C12H25B. The summed E-state index contributed by atoms with van der Waals surface area (Å²) < 4.78 is 0. The molecule has 0 radical (unpaired) electrons. The van der Waals surface area contributed by atoms with Crippen molar-refractivity contribution in [3.63, 3.8) is 0 Å². The molecule has 0 bridgehead atoms. The molecule has 0 nitrogen and oxygen atoms in total. The van der Waals surface area contributed by atoms with Crippen molar-refractivity contribution < 1.29 is 0 Å². The monoisotopic (exact) mass is 180 g/mol. The Morgan fingerprint density at radius 3 is 2.54 bits per heavy atom. The summed E-state index contributed by atoms with van der Waals surface area (Å²) in [6.45, 7) is 10.6. The lowest BCUT2D eigenvalue weighted by molar-refractivity contribution is 0.532. The zero-order valence-corrected chi connectivity index (χ0v) is 9.84. The van der Waals surface area contributed by atoms with Crippen molar-refractivity contribution in [2.75, 3.05) is 0 Å². The highest BCUT2D eigenvalue weighted by molar-refractivity contribution is 6.63. The van der Waals surface area contributed by atoms with Gasteiger partial charge in [-0.05, 0) is 0 Å². The van der Waals surface area contributed by atoms with Crippen molar-refractivity contribution in [2.24, 2.45) is 0 Å². The van der Waals surface area contributed by atoms with Gasteiger partial charge in [0.1, 0.15) is 6.71 Å². The lowest BCUT2D eigenvalue weighted by Gasteiger charge is -2.36.